The number of nitrogens with one attached hydrogen (secondary N) is 1. The number of hydrogen-bond donors (Lipinski definition) is 3. The molecule has 3 N–H and O–H groups in total. The molecule has 1 rings (SSSR count). The highest BCUT2D eigenvalue weighted by Crippen LogP contribution is 2.35. The molecular formula is C7H11F2NO3. The van der Waals surface area contributed by atoms with Crippen LogP contribution < -0.4 is 5.32 Å². The number of hydrogen-bond acceptors (Lipinski definition) is 3. The normalized spacial score (nSPS) is 19.9. The molecule has 0 amide bonds. The van der Waals surface area contributed by atoms with Crippen molar-refractivity contribution in [3.8, 4) is 0 Å². The molecule has 76 valence electrons. The molecule has 0 aromatic carbocycles. The summed E-state index contributed by atoms with van der Waals surface area (Å²) in [5, 5.41) is 19.2. The van der Waals surface area contributed by atoms with Crippen LogP contribution in [0.1, 0.15) is 12.8 Å². The molecule has 13 heavy (non-hydrogen) atoms. The van der Waals surface area contributed by atoms with Crippen molar-refractivity contribution in [1.29, 1.82) is 0 Å². The number of halogens is 2. The largest absolute Gasteiger partial charge is 0.477 e. The van der Waals surface area contributed by atoms with E-state index in [2.05, 4.69) is 5.32 Å². The second-order valence-corrected chi connectivity index (χ2v) is 3.30. The lowest BCUT2D eigenvalue weighted by Crippen LogP contribution is -2.46. The Morgan fingerprint density at radius 2 is 2.08 bits per heavy atom. The average molecular weight is 195 g/mol. The van der Waals surface area contributed by atoms with Gasteiger partial charge in [0.25, 0.3) is 0 Å². The lowest BCUT2D eigenvalue weighted by molar-refractivity contribution is -0.164. The van der Waals surface area contributed by atoms with Crippen molar-refractivity contribution in [3.63, 3.8) is 0 Å². The highest BCUT2D eigenvalue weighted by atomic mass is 19.3. The number of rotatable bonds is 5. The molecule has 0 saturated heterocycles. The molecular weight excluding hydrogens is 184 g/mol. The third-order valence-corrected chi connectivity index (χ3v) is 2.15. The van der Waals surface area contributed by atoms with Crippen LogP contribution in [0, 0.1) is 0 Å². The third-order valence-electron chi connectivity index (χ3n) is 2.15. The highest BCUT2D eigenvalue weighted by Gasteiger charge is 2.46. The van der Waals surface area contributed by atoms with Crippen molar-refractivity contribution in [1.82, 2.24) is 5.32 Å². The molecule has 0 atom stereocenters. The van der Waals surface area contributed by atoms with Crippen LogP contribution in [-0.4, -0.2) is 40.8 Å². The summed E-state index contributed by atoms with van der Waals surface area (Å²) in [4.78, 5) is 9.99. The molecule has 0 bridgehead atoms. The van der Waals surface area contributed by atoms with Gasteiger partial charge >= 0.3 is 11.9 Å². The fourth-order valence-electron chi connectivity index (χ4n) is 0.916. The summed E-state index contributed by atoms with van der Waals surface area (Å²) < 4.78 is 25.0. The van der Waals surface area contributed by atoms with Crippen molar-refractivity contribution in [2.24, 2.45) is 0 Å². The SMILES string of the molecule is O=C(O)C(F)(F)CNC1(CO)CC1. The average Bonchev–Trinajstić information content (AvgIpc) is 2.81. The van der Waals surface area contributed by atoms with Gasteiger partial charge in [0.2, 0.25) is 0 Å². The molecule has 0 unspecified atom stereocenters. The monoisotopic (exact) mass is 195 g/mol. The first-order valence-corrected chi connectivity index (χ1v) is 3.89. The number of carboxylic acid groups (broad SMARTS) is 1. The van der Waals surface area contributed by atoms with Crippen molar-refractivity contribution in [3.05, 3.63) is 0 Å². The van der Waals surface area contributed by atoms with Gasteiger partial charge in [0.05, 0.1) is 13.2 Å². The van der Waals surface area contributed by atoms with Crippen LogP contribution in [0.25, 0.3) is 0 Å². The maximum absolute atomic E-state index is 12.5. The standard InChI is InChI=1S/C7H11F2NO3/c8-7(9,5(12)13)3-10-6(4-11)1-2-6/h10-11H,1-4H2,(H,12,13). The molecule has 1 fully saturated rings. The maximum Gasteiger partial charge on any atom is 0.375 e. The van der Waals surface area contributed by atoms with E-state index in [0.717, 1.165) is 0 Å². The van der Waals surface area contributed by atoms with Gasteiger partial charge in [0.1, 0.15) is 0 Å². The predicted molar refractivity (Wildman–Crippen MR) is 39.6 cm³/mol. The van der Waals surface area contributed by atoms with E-state index in [1.165, 1.54) is 0 Å². The van der Waals surface area contributed by atoms with Crippen molar-refractivity contribution >= 4 is 5.97 Å². The number of aliphatic carboxylic acids is 1. The molecule has 4 nitrogen and oxygen atoms in total. The minimum Gasteiger partial charge on any atom is -0.477 e. The quantitative estimate of drug-likeness (QED) is 0.569. The zero-order valence-corrected chi connectivity index (χ0v) is 6.89. The minimum absolute atomic E-state index is 0.233. The van der Waals surface area contributed by atoms with E-state index in [9.17, 15) is 13.6 Å². The van der Waals surface area contributed by atoms with Crippen molar-refractivity contribution in [2.45, 2.75) is 24.3 Å². The van der Waals surface area contributed by atoms with Crippen LogP contribution in [0.15, 0.2) is 0 Å². The Hall–Kier alpha value is -0.750. The Kier molecular flexibility index (Phi) is 2.53. The van der Waals surface area contributed by atoms with E-state index >= 15 is 0 Å². The van der Waals surface area contributed by atoms with Crippen LogP contribution in [0.4, 0.5) is 8.78 Å². The van der Waals surface area contributed by atoms with Gasteiger partial charge in [-0.05, 0) is 12.8 Å². The van der Waals surface area contributed by atoms with Crippen molar-refractivity contribution in [2.75, 3.05) is 13.2 Å². The Morgan fingerprint density at radius 3 is 2.38 bits per heavy atom. The van der Waals surface area contributed by atoms with E-state index < -0.39 is 24.0 Å². The van der Waals surface area contributed by atoms with Gasteiger partial charge in [0.15, 0.2) is 0 Å². The number of aliphatic hydroxyl groups excluding tert-OH is 1. The van der Waals surface area contributed by atoms with Gasteiger partial charge in [-0.3, -0.25) is 0 Å². The summed E-state index contributed by atoms with van der Waals surface area (Å²) in [6.45, 7) is -1.16. The molecule has 1 aliphatic rings. The van der Waals surface area contributed by atoms with Crippen LogP contribution in [0.2, 0.25) is 0 Å². The first-order chi connectivity index (χ1) is 5.92. The van der Waals surface area contributed by atoms with Gasteiger partial charge in [0, 0.05) is 5.54 Å². The summed E-state index contributed by atoms with van der Waals surface area (Å²) >= 11 is 0. The summed E-state index contributed by atoms with van der Waals surface area (Å²) in [5.74, 6) is -5.90. The van der Waals surface area contributed by atoms with E-state index in [1.54, 1.807) is 0 Å². The first kappa shape index (κ1) is 10.3. The van der Waals surface area contributed by atoms with Gasteiger partial charge in [-0.15, -0.1) is 0 Å². The Balaban J connectivity index is 2.37. The Morgan fingerprint density at radius 1 is 1.54 bits per heavy atom. The lowest BCUT2D eigenvalue weighted by Gasteiger charge is -2.17. The molecule has 0 aromatic heterocycles. The number of aliphatic hydroxyl groups is 1. The van der Waals surface area contributed by atoms with Gasteiger partial charge in [-0.2, -0.15) is 8.78 Å². The lowest BCUT2D eigenvalue weighted by atomic mass is 10.2. The summed E-state index contributed by atoms with van der Waals surface area (Å²) in [7, 11) is 0. The van der Waals surface area contributed by atoms with E-state index in [0.29, 0.717) is 12.8 Å². The molecule has 0 aromatic rings. The summed E-state index contributed by atoms with van der Waals surface area (Å²) in [6, 6.07) is 0. The number of carbonyl (C=O) groups is 1. The molecule has 0 heterocycles. The number of alkyl halides is 2. The maximum atomic E-state index is 12.5. The fourth-order valence-corrected chi connectivity index (χ4v) is 0.916. The topological polar surface area (TPSA) is 69.6 Å². The van der Waals surface area contributed by atoms with Crippen LogP contribution in [0.5, 0.6) is 0 Å². The third kappa shape index (κ3) is 2.35. The van der Waals surface area contributed by atoms with E-state index in [-0.39, 0.29) is 6.61 Å². The zero-order chi connectivity index (χ0) is 10.1. The van der Waals surface area contributed by atoms with Crippen LogP contribution in [-0.2, 0) is 4.79 Å². The molecule has 0 aliphatic heterocycles. The molecule has 1 aliphatic carbocycles. The Bertz CT molecular complexity index is 216. The van der Waals surface area contributed by atoms with Crippen LogP contribution in [0.3, 0.4) is 0 Å². The number of carboxylic acids is 1. The first-order valence-electron chi connectivity index (χ1n) is 3.89. The zero-order valence-electron chi connectivity index (χ0n) is 6.89. The molecule has 0 spiro atoms. The van der Waals surface area contributed by atoms with Crippen molar-refractivity contribution < 1.29 is 23.8 Å². The smallest absolute Gasteiger partial charge is 0.375 e. The summed E-state index contributed by atoms with van der Waals surface area (Å²) in [6.07, 6.45) is 1.22. The predicted octanol–water partition coefficient (Wildman–Crippen LogP) is -0.179. The Labute approximate surface area is 73.6 Å². The minimum atomic E-state index is -3.76. The van der Waals surface area contributed by atoms with Gasteiger partial charge < -0.3 is 15.5 Å². The second kappa shape index (κ2) is 3.19. The van der Waals surface area contributed by atoms with Gasteiger partial charge in [-0.1, -0.05) is 0 Å². The fraction of sp³-hybridized carbons (Fsp3) is 0.857. The van der Waals surface area contributed by atoms with Crippen LogP contribution >= 0.6 is 0 Å². The summed E-state index contributed by atoms with van der Waals surface area (Å²) in [5.41, 5.74) is -0.654. The van der Waals surface area contributed by atoms with E-state index in [4.69, 9.17) is 10.2 Å². The van der Waals surface area contributed by atoms with Gasteiger partial charge in [-0.25, -0.2) is 4.79 Å². The molecule has 6 heteroatoms. The second-order valence-electron chi connectivity index (χ2n) is 3.30. The highest BCUT2D eigenvalue weighted by molar-refractivity contribution is 5.75. The van der Waals surface area contributed by atoms with E-state index in [1.807, 2.05) is 0 Å². The molecule has 0 radical (unpaired) electrons. The molecule has 1 saturated carbocycles.